The molecule has 3 aromatic rings. The molecule has 1 atom stereocenters. The van der Waals surface area contributed by atoms with Gasteiger partial charge >= 0.3 is 0 Å². The van der Waals surface area contributed by atoms with E-state index < -0.39 is 0 Å². The molecule has 9 heteroatoms. The first-order valence-corrected chi connectivity index (χ1v) is 10.8. The van der Waals surface area contributed by atoms with E-state index in [-0.39, 0.29) is 23.7 Å². The van der Waals surface area contributed by atoms with E-state index >= 15 is 0 Å². The summed E-state index contributed by atoms with van der Waals surface area (Å²) in [7, 11) is 1.75. The maximum Gasteiger partial charge on any atom is 0.259 e. The number of carbonyl (C=O) groups is 2. The van der Waals surface area contributed by atoms with Crippen LogP contribution in [0.4, 0.5) is 15.9 Å². The number of aromatic nitrogens is 3. The number of likely N-dealkylation sites (tertiary alicyclic amines) is 1. The summed E-state index contributed by atoms with van der Waals surface area (Å²) in [6.07, 6.45) is 5.70. The summed E-state index contributed by atoms with van der Waals surface area (Å²) in [4.78, 5) is 40.9. The van der Waals surface area contributed by atoms with Gasteiger partial charge in [-0.15, -0.1) is 0 Å². The first kappa shape index (κ1) is 22.3. The largest absolute Gasteiger partial charge is 0.373 e. The molecular weight excluding hydrogens is 423 g/mol. The van der Waals surface area contributed by atoms with Gasteiger partial charge in [0.2, 0.25) is 0 Å². The van der Waals surface area contributed by atoms with Crippen LogP contribution in [0.3, 0.4) is 0 Å². The van der Waals surface area contributed by atoms with Gasteiger partial charge in [-0.3, -0.25) is 9.59 Å². The number of piperidine rings is 1. The molecular formula is C24H25FN6O2. The molecule has 4 rings (SSSR count). The Morgan fingerprint density at radius 2 is 1.91 bits per heavy atom. The van der Waals surface area contributed by atoms with Gasteiger partial charge in [-0.25, -0.2) is 19.3 Å². The van der Waals surface area contributed by atoms with E-state index in [1.807, 2.05) is 0 Å². The third-order valence-corrected chi connectivity index (χ3v) is 5.67. The van der Waals surface area contributed by atoms with E-state index in [2.05, 4.69) is 25.6 Å². The molecule has 0 aliphatic carbocycles. The first-order chi connectivity index (χ1) is 16.0. The molecule has 33 heavy (non-hydrogen) atoms. The predicted molar refractivity (Wildman–Crippen MR) is 123 cm³/mol. The number of carbonyl (C=O) groups excluding carboxylic acids is 2. The summed E-state index contributed by atoms with van der Waals surface area (Å²) in [5.74, 6) is 0.286. The molecule has 0 spiro atoms. The minimum absolute atomic E-state index is 0.0991. The van der Waals surface area contributed by atoms with Crippen LogP contribution in [0.1, 0.15) is 57.5 Å². The molecule has 1 aliphatic heterocycles. The van der Waals surface area contributed by atoms with Gasteiger partial charge in [0, 0.05) is 37.2 Å². The quantitative estimate of drug-likeness (QED) is 0.612. The molecule has 1 fully saturated rings. The third kappa shape index (κ3) is 4.97. The van der Waals surface area contributed by atoms with Crippen molar-refractivity contribution in [1.82, 2.24) is 19.9 Å². The number of halogens is 1. The van der Waals surface area contributed by atoms with Crippen molar-refractivity contribution in [2.45, 2.75) is 32.2 Å². The lowest BCUT2D eigenvalue weighted by atomic mass is 9.99. The van der Waals surface area contributed by atoms with E-state index in [4.69, 9.17) is 0 Å². The molecule has 8 nitrogen and oxygen atoms in total. The fourth-order valence-electron chi connectivity index (χ4n) is 3.91. The topological polar surface area (TPSA) is 100 Å². The monoisotopic (exact) mass is 448 g/mol. The van der Waals surface area contributed by atoms with Gasteiger partial charge in [0.1, 0.15) is 11.6 Å². The third-order valence-electron chi connectivity index (χ3n) is 5.67. The highest BCUT2D eigenvalue weighted by molar-refractivity contribution is 6.04. The lowest BCUT2D eigenvalue weighted by Gasteiger charge is -2.35. The van der Waals surface area contributed by atoms with Crippen LogP contribution in [0.15, 0.2) is 48.8 Å². The number of hydrogen-bond donors (Lipinski definition) is 2. The number of aryl methyl sites for hydroxylation is 1. The van der Waals surface area contributed by atoms with Crippen molar-refractivity contribution in [3.8, 4) is 0 Å². The molecule has 170 valence electrons. The Morgan fingerprint density at radius 3 is 2.64 bits per heavy atom. The van der Waals surface area contributed by atoms with Crippen LogP contribution in [0.2, 0.25) is 0 Å². The summed E-state index contributed by atoms with van der Waals surface area (Å²) in [6, 6.07) is 8.68. The molecule has 3 heterocycles. The Bertz CT molecular complexity index is 1170. The Morgan fingerprint density at radius 1 is 1.12 bits per heavy atom. The number of benzene rings is 1. The lowest BCUT2D eigenvalue weighted by molar-refractivity contribution is 0.0599. The Balaban J connectivity index is 1.55. The Hall–Kier alpha value is -3.88. The number of amides is 2. The van der Waals surface area contributed by atoms with Crippen LogP contribution in [0, 0.1) is 12.7 Å². The SMILES string of the molecule is CNc1cc(C(=O)N2CCCC[C@@H]2c2ncc(C(=O)Nc3ccc(F)cc3)c(C)n2)ccn1. The molecule has 1 aromatic carbocycles. The zero-order valence-corrected chi connectivity index (χ0v) is 18.5. The first-order valence-electron chi connectivity index (χ1n) is 10.8. The fraction of sp³-hybridized carbons (Fsp3) is 0.292. The fourth-order valence-corrected chi connectivity index (χ4v) is 3.91. The highest BCUT2D eigenvalue weighted by Crippen LogP contribution is 2.31. The molecule has 0 unspecified atom stereocenters. The number of pyridine rings is 1. The van der Waals surface area contributed by atoms with Crippen molar-refractivity contribution < 1.29 is 14.0 Å². The van der Waals surface area contributed by atoms with E-state index in [9.17, 15) is 14.0 Å². The molecule has 2 amide bonds. The maximum atomic E-state index is 13.3. The Labute approximate surface area is 191 Å². The van der Waals surface area contributed by atoms with Crippen LogP contribution in [-0.4, -0.2) is 45.3 Å². The molecule has 2 N–H and O–H groups in total. The standard InChI is InChI=1S/C24H25FN6O2/c1-15-19(23(32)30-18-8-6-17(25)7-9-18)14-28-22(29-15)20-5-3-4-12-31(20)24(33)16-10-11-27-21(13-16)26-2/h6-11,13-14,20H,3-5,12H2,1-2H3,(H,26,27)(H,30,32)/t20-/m1/s1. The van der Waals surface area contributed by atoms with Crippen molar-refractivity contribution >= 4 is 23.3 Å². The van der Waals surface area contributed by atoms with Crippen LogP contribution < -0.4 is 10.6 Å². The molecule has 2 aromatic heterocycles. The van der Waals surface area contributed by atoms with Crippen molar-refractivity contribution in [3.63, 3.8) is 0 Å². The van der Waals surface area contributed by atoms with Gasteiger partial charge in [-0.2, -0.15) is 0 Å². The van der Waals surface area contributed by atoms with Gasteiger partial charge in [0.05, 0.1) is 17.3 Å². The smallest absolute Gasteiger partial charge is 0.259 e. The number of anilines is 2. The van der Waals surface area contributed by atoms with Gasteiger partial charge in [-0.05, 0) is 62.6 Å². The molecule has 1 aliphatic rings. The second kappa shape index (κ2) is 9.72. The normalized spacial score (nSPS) is 15.7. The van der Waals surface area contributed by atoms with Gasteiger partial charge in [-0.1, -0.05) is 0 Å². The van der Waals surface area contributed by atoms with E-state index in [1.165, 1.54) is 30.5 Å². The van der Waals surface area contributed by atoms with E-state index in [0.717, 1.165) is 19.3 Å². The number of nitrogens with one attached hydrogen (secondary N) is 2. The Kier molecular flexibility index (Phi) is 6.58. The van der Waals surface area contributed by atoms with Crippen LogP contribution >= 0.6 is 0 Å². The van der Waals surface area contributed by atoms with Gasteiger partial charge < -0.3 is 15.5 Å². The molecule has 0 bridgehead atoms. The zero-order valence-electron chi connectivity index (χ0n) is 18.5. The molecule has 1 saturated heterocycles. The summed E-state index contributed by atoms with van der Waals surface area (Å²) < 4.78 is 13.1. The summed E-state index contributed by atoms with van der Waals surface area (Å²) in [6.45, 7) is 2.34. The van der Waals surface area contributed by atoms with Crippen LogP contribution in [0.5, 0.6) is 0 Å². The van der Waals surface area contributed by atoms with Crippen molar-refractivity contribution in [1.29, 1.82) is 0 Å². The van der Waals surface area contributed by atoms with Crippen molar-refractivity contribution in [2.75, 3.05) is 24.2 Å². The number of hydrogen-bond acceptors (Lipinski definition) is 6. The van der Waals surface area contributed by atoms with Crippen LogP contribution in [-0.2, 0) is 0 Å². The molecule has 0 radical (unpaired) electrons. The van der Waals surface area contributed by atoms with Crippen molar-refractivity contribution in [3.05, 3.63) is 77.3 Å². The number of rotatable bonds is 5. The van der Waals surface area contributed by atoms with Crippen molar-refractivity contribution in [2.24, 2.45) is 0 Å². The van der Waals surface area contributed by atoms with Gasteiger partial charge in [0.25, 0.3) is 11.8 Å². The van der Waals surface area contributed by atoms with Gasteiger partial charge in [0.15, 0.2) is 5.82 Å². The zero-order chi connectivity index (χ0) is 23.4. The van der Waals surface area contributed by atoms with E-state index in [1.54, 1.807) is 37.2 Å². The maximum absolute atomic E-state index is 13.3. The average Bonchev–Trinajstić information content (AvgIpc) is 2.85. The number of nitrogens with zero attached hydrogens (tertiary/aromatic N) is 4. The van der Waals surface area contributed by atoms with E-state index in [0.29, 0.717) is 40.7 Å². The average molecular weight is 449 g/mol. The predicted octanol–water partition coefficient (Wildman–Crippen LogP) is 3.98. The second-order valence-electron chi connectivity index (χ2n) is 7.88. The molecule has 0 saturated carbocycles. The second-order valence-corrected chi connectivity index (χ2v) is 7.88. The summed E-state index contributed by atoms with van der Waals surface area (Å²) in [5.41, 5.74) is 1.86. The highest BCUT2D eigenvalue weighted by atomic mass is 19.1. The minimum atomic E-state index is -0.377. The summed E-state index contributed by atoms with van der Waals surface area (Å²) in [5, 5.41) is 5.67. The highest BCUT2D eigenvalue weighted by Gasteiger charge is 2.31. The lowest BCUT2D eigenvalue weighted by Crippen LogP contribution is -2.39. The summed E-state index contributed by atoms with van der Waals surface area (Å²) >= 11 is 0. The minimum Gasteiger partial charge on any atom is -0.373 e. The van der Waals surface area contributed by atoms with Crippen LogP contribution in [0.25, 0.3) is 0 Å².